The SMILES string of the molecule is O=C(Nc1ccc(-c2cn3ccsc3n2)cc1)c1cc(-c2cccnc2)nc2ccccc12. The Kier molecular flexibility index (Phi) is 4.66. The molecule has 1 N–H and O–H groups in total. The van der Waals surface area contributed by atoms with Gasteiger partial charge in [0.25, 0.3) is 5.91 Å². The summed E-state index contributed by atoms with van der Waals surface area (Å²) in [6.45, 7) is 0. The van der Waals surface area contributed by atoms with Crippen molar-refractivity contribution < 1.29 is 4.79 Å². The number of carbonyl (C=O) groups excluding carboxylic acids is 1. The first-order chi connectivity index (χ1) is 16.2. The van der Waals surface area contributed by atoms with Crippen LogP contribution in [0.4, 0.5) is 5.69 Å². The zero-order valence-electron chi connectivity index (χ0n) is 17.3. The van der Waals surface area contributed by atoms with E-state index in [2.05, 4.69) is 15.3 Å². The number of aromatic nitrogens is 4. The van der Waals surface area contributed by atoms with Crippen LogP contribution in [-0.4, -0.2) is 25.3 Å². The maximum absolute atomic E-state index is 13.3. The van der Waals surface area contributed by atoms with Crippen molar-refractivity contribution in [3.63, 3.8) is 0 Å². The Morgan fingerprint density at radius 1 is 0.909 bits per heavy atom. The van der Waals surface area contributed by atoms with Gasteiger partial charge in [-0.05, 0) is 36.4 Å². The molecule has 0 spiro atoms. The van der Waals surface area contributed by atoms with Gasteiger partial charge < -0.3 is 5.32 Å². The third kappa shape index (κ3) is 3.64. The predicted octanol–water partition coefficient (Wildman–Crippen LogP) is 5.93. The molecule has 0 aliphatic rings. The molecule has 33 heavy (non-hydrogen) atoms. The van der Waals surface area contributed by atoms with E-state index in [0.717, 1.165) is 32.7 Å². The van der Waals surface area contributed by atoms with E-state index >= 15 is 0 Å². The number of hydrogen-bond acceptors (Lipinski definition) is 5. The average Bonchev–Trinajstić information content (AvgIpc) is 3.47. The van der Waals surface area contributed by atoms with Crippen molar-refractivity contribution in [3.8, 4) is 22.5 Å². The fraction of sp³-hybridized carbons (Fsp3) is 0. The maximum Gasteiger partial charge on any atom is 0.256 e. The zero-order valence-corrected chi connectivity index (χ0v) is 18.2. The van der Waals surface area contributed by atoms with E-state index in [4.69, 9.17) is 4.98 Å². The van der Waals surface area contributed by atoms with E-state index in [1.54, 1.807) is 23.7 Å². The van der Waals surface area contributed by atoms with Crippen LogP contribution in [0.25, 0.3) is 38.4 Å². The molecule has 2 aromatic carbocycles. The fourth-order valence-electron chi connectivity index (χ4n) is 3.81. The summed E-state index contributed by atoms with van der Waals surface area (Å²) in [6.07, 6.45) is 7.46. The molecule has 6 nitrogen and oxygen atoms in total. The number of amides is 1. The monoisotopic (exact) mass is 447 g/mol. The summed E-state index contributed by atoms with van der Waals surface area (Å²) in [7, 11) is 0. The normalized spacial score (nSPS) is 11.2. The summed E-state index contributed by atoms with van der Waals surface area (Å²) in [5.74, 6) is -0.186. The second-order valence-electron chi connectivity index (χ2n) is 7.56. The molecule has 4 heterocycles. The highest BCUT2D eigenvalue weighted by molar-refractivity contribution is 7.15. The van der Waals surface area contributed by atoms with Crippen LogP contribution in [0.1, 0.15) is 10.4 Å². The Bertz CT molecular complexity index is 1570. The van der Waals surface area contributed by atoms with E-state index in [9.17, 15) is 4.79 Å². The summed E-state index contributed by atoms with van der Waals surface area (Å²) in [4.78, 5) is 27.8. The van der Waals surface area contributed by atoms with Gasteiger partial charge in [-0.25, -0.2) is 9.97 Å². The highest BCUT2D eigenvalue weighted by Crippen LogP contribution is 2.26. The highest BCUT2D eigenvalue weighted by Gasteiger charge is 2.15. The fourth-order valence-corrected chi connectivity index (χ4v) is 4.51. The quantitative estimate of drug-likeness (QED) is 0.364. The lowest BCUT2D eigenvalue weighted by molar-refractivity contribution is 0.102. The topological polar surface area (TPSA) is 72.2 Å². The van der Waals surface area contributed by atoms with Gasteiger partial charge in [-0.2, -0.15) is 0 Å². The molecule has 7 heteroatoms. The lowest BCUT2D eigenvalue weighted by atomic mass is 10.0. The van der Waals surface area contributed by atoms with Crippen molar-refractivity contribution in [2.24, 2.45) is 0 Å². The first-order valence-corrected chi connectivity index (χ1v) is 11.3. The average molecular weight is 448 g/mol. The first-order valence-electron chi connectivity index (χ1n) is 10.4. The van der Waals surface area contributed by atoms with Crippen LogP contribution >= 0.6 is 11.3 Å². The van der Waals surface area contributed by atoms with Crippen molar-refractivity contribution in [2.45, 2.75) is 0 Å². The number of hydrogen-bond donors (Lipinski definition) is 1. The van der Waals surface area contributed by atoms with E-state index < -0.39 is 0 Å². The second kappa shape index (κ2) is 7.96. The standard InChI is InChI=1S/C26H17N5OS/c32-25(28-19-9-7-17(8-10-19)24-16-31-12-13-33-26(31)30-24)21-14-23(18-4-3-11-27-15-18)29-22-6-2-1-5-20(21)22/h1-16H,(H,28,32). The molecule has 0 aliphatic heterocycles. The Hall–Kier alpha value is -4.36. The number of para-hydroxylation sites is 1. The second-order valence-corrected chi connectivity index (χ2v) is 8.44. The Balaban J connectivity index is 1.32. The van der Waals surface area contributed by atoms with Gasteiger partial charge in [-0.15, -0.1) is 11.3 Å². The van der Waals surface area contributed by atoms with Gasteiger partial charge in [0.05, 0.1) is 22.5 Å². The Morgan fingerprint density at radius 3 is 2.61 bits per heavy atom. The van der Waals surface area contributed by atoms with Crippen molar-refractivity contribution in [2.75, 3.05) is 5.32 Å². The summed E-state index contributed by atoms with van der Waals surface area (Å²) >= 11 is 1.60. The van der Waals surface area contributed by atoms with Gasteiger partial charge in [0, 0.05) is 52.4 Å². The highest BCUT2D eigenvalue weighted by atomic mass is 32.1. The molecule has 0 unspecified atom stereocenters. The molecule has 0 radical (unpaired) electrons. The summed E-state index contributed by atoms with van der Waals surface area (Å²) < 4.78 is 2.00. The number of nitrogens with one attached hydrogen (secondary N) is 1. The molecule has 0 bridgehead atoms. The third-order valence-electron chi connectivity index (χ3n) is 5.45. The van der Waals surface area contributed by atoms with Gasteiger partial charge in [-0.1, -0.05) is 30.3 Å². The predicted molar refractivity (Wildman–Crippen MR) is 131 cm³/mol. The maximum atomic E-state index is 13.3. The lowest BCUT2D eigenvalue weighted by Gasteiger charge is -2.11. The molecule has 6 rings (SSSR count). The van der Waals surface area contributed by atoms with Crippen LogP contribution in [0.2, 0.25) is 0 Å². The lowest BCUT2D eigenvalue weighted by Crippen LogP contribution is -2.13. The molecule has 0 saturated heterocycles. The third-order valence-corrected chi connectivity index (χ3v) is 6.22. The number of thiazole rings is 1. The number of anilines is 1. The van der Waals surface area contributed by atoms with E-state index in [-0.39, 0.29) is 5.91 Å². The minimum atomic E-state index is -0.186. The molecule has 1 amide bonds. The van der Waals surface area contributed by atoms with E-state index in [0.29, 0.717) is 16.9 Å². The minimum Gasteiger partial charge on any atom is -0.322 e. The molecule has 0 atom stereocenters. The zero-order chi connectivity index (χ0) is 22.2. The first kappa shape index (κ1) is 19.3. The van der Waals surface area contributed by atoms with E-state index in [1.807, 2.05) is 88.9 Å². The van der Waals surface area contributed by atoms with Crippen LogP contribution in [0.3, 0.4) is 0 Å². The molecule has 158 valence electrons. The molecule has 0 saturated carbocycles. The summed E-state index contributed by atoms with van der Waals surface area (Å²) in [6, 6.07) is 21.0. The molecule has 0 aliphatic carbocycles. The molecule has 0 fully saturated rings. The van der Waals surface area contributed by atoms with Crippen molar-refractivity contribution in [1.29, 1.82) is 0 Å². The van der Waals surface area contributed by atoms with Gasteiger partial charge in [0.2, 0.25) is 0 Å². The molecular weight excluding hydrogens is 430 g/mol. The number of pyridine rings is 2. The van der Waals surface area contributed by atoms with Crippen LogP contribution in [0.15, 0.2) is 96.9 Å². The Morgan fingerprint density at radius 2 is 1.79 bits per heavy atom. The van der Waals surface area contributed by atoms with Crippen LogP contribution in [0, 0.1) is 0 Å². The number of benzene rings is 2. The number of imidazole rings is 1. The van der Waals surface area contributed by atoms with Crippen LogP contribution in [-0.2, 0) is 0 Å². The Labute approximate surface area is 193 Å². The number of nitrogens with zero attached hydrogens (tertiary/aromatic N) is 4. The van der Waals surface area contributed by atoms with Crippen molar-refractivity contribution in [3.05, 3.63) is 102 Å². The van der Waals surface area contributed by atoms with Crippen molar-refractivity contribution >= 4 is 38.8 Å². The van der Waals surface area contributed by atoms with E-state index in [1.165, 1.54) is 0 Å². The molecule has 6 aromatic rings. The summed E-state index contributed by atoms with van der Waals surface area (Å²) in [5.41, 5.74) is 5.52. The van der Waals surface area contributed by atoms with Gasteiger partial charge in [0.15, 0.2) is 4.96 Å². The summed E-state index contributed by atoms with van der Waals surface area (Å²) in [5, 5.41) is 5.83. The van der Waals surface area contributed by atoms with Crippen LogP contribution < -0.4 is 5.32 Å². The van der Waals surface area contributed by atoms with Gasteiger partial charge in [-0.3, -0.25) is 14.2 Å². The number of rotatable bonds is 4. The molecule has 4 aromatic heterocycles. The smallest absolute Gasteiger partial charge is 0.256 e. The largest absolute Gasteiger partial charge is 0.322 e. The van der Waals surface area contributed by atoms with Gasteiger partial charge in [0.1, 0.15) is 0 Å². The number of carbonyl (C=O) groups is 1. The van der Waals surface area contributed by atoms with Gasteiger partial charge >= 0.3 is 0 Å². The van der Waals surface area contributed by atoms with Crippen LogP contribution in [0.5, 0.6) is 0 Å². The number of fused-ring (bicyclic) bond motifs is 2. The minimum absolute atomic E-state index is 0.186. The molecular formula is C26H17N5OS. The van der Waals surface area contributed by atoms with Crippen molar-refractivity contribution in [1.82, 2.24) is 19.4 Å².